The van der Waals surface area contributed by atoms with E-state index in [0.29, 0.717) is 13.1 Å². The third-order valence-electron chi connectivity index (χ3n) is 3.88. The fourth-order valence-corrected chi connectivity index (χ4v) is 3.04. The summed E-state index contributed by atoms with van der Waals surface area (Å²) in [5.41, 5.74) is 1.12. The van der Waals surface area contributed by atoms with Gasteiger partial charge < -0.3 is 20.7 Å². The summed E-state index contributed by atoms with van der Waals surface area (Å²) in [5.74, 6) is 1.60. The Hall–Kier alpha value is -1.81. The maximum atomic E-state index is 11.8. The summed E-state index contributed by atoms with van der Waals surface area (Å²) in [6.07, 6.45) is 0.822. The third kappa shape index (κ3) is 8.47. The molecule has 1 atom stereocenters. The first-order valence-corrected chi connectivity index (χ1v) is 9.96. The fourth-order valence-electron chi connectivity index (χ4n) is 2.40. The summed E-state index contributed by atoms with van der Waals surface area (Å²) in [5, 5.41) is 11.3. The van der Waals surface area contributed by atoms with Crippen LogP contribution >= 0.6 is 35.3 Å². The molecule has 0 saturated carbocycles. The van der Waals surface area contributed by atoms with E-state index in [9.17, 15) is 4.79 Å². The van der Waals surface area contributed by atoms with Crippen LogP contribution in [0.5, 0.6) is 5.75 Å². The summed E-state index contributed by atoms with van der Waals surface area (Å²) >= 11 is 1.45. The van der Waals surface area contributed by atoms with E-state index in [1.807, 2.05) is 55.6 Å². The number of benzene rings is 1. The number of aryl methyl sites for hydroxylation is 1. The highest BCUT2D eigenvalue weighted by Gasteiger charge is 2.08. The first-order chi connectivity index (χ1) is 13.1. The molecule has 0 fully saturated rings. The molecule has 2 aromatic rings. The van der Waals surface area contributed by atoms with Crippen molar-refractivity contribution in [2.45, 2.75) is 26.4 Å². The highest BCUT2D eigenvalue weighted by atomic mass is 127. The number of halogens is 1. The molecule has 1 aromatic carbocycles. The molecule has 3 N–H and O–H groups in total. The van der Waals surface area contributed by atoms with E-state index < -0.39 is 0 Å². The molecule has 0 spiro atoms. The van der Waals surface area contributed by atoms with E-state index in [2.05, 4.69) is 20.9 Å². The van der Waals surface area contributed by atoms with Crippen molar-refractivity contribution in [1.29, 1.82) is 0 Å². The molecule has 1 unspecified atom stereocenters. The number of aliphatic imine (C=N–C) groups is 1. The van der Waals surface area contributed by atoms with Gasteiger partial charge in [0.1, 0.15) is 11.9 Å². The topological polar surface area (TPSA) is 74.8 Å². The van der Waals surface area contributed by atoms with Crippen molar-refractivity contribution in [2.75, 3.05) is 26.7 Å². The molecule has 8 heteroatoms. The van der Waals surface area contributed by atoms with Crippen molar-refractivity contribution in [3.63, 3.8) is 0 Å². The van der Waals surface area contributed by atoms with Crippen LogP contribution in [-0.4, -0.2) is 44.7 Å². The Balaban J connectivity index is 0.00000392. The van der Waals surface area contributed by atoms with Crippen molar-refractivity contribution >= 4 is 47.2 Å². The molecule has 28 heavy (non-hydrogen) atoms. The van der Waals surface area contributed by atoms with Gasteiger partial charge in [0.05, 0.1) is 11.4 Å². The molecule has 0 bridgehead atoms. The minimum absolute atomic E-state index is 0. The molecule has 2 rings (SSSR count). The van der Waals surface area contributed by atoms with Crippen LogP contribution in [0.25, 0.3) is 0 Å². The molecule has 0 aliphatic rings. The van der Waals surface area contributed by atoms with Gasteiger partial charge in [0, 0.05) is 20.1 Å². The van der Waals surface area contributed by atoms with Crippen LogP contribution < -0.4 is 20.7 Å². The van der Waals surface area contributed by atoms with Gasteiger partial charge in [-0.25, -0.2) is 0 Å². The van der Waals surface area contributed by atoms with Gasteiger partial charge in [-0.15, -0.1) is 35.3 Å². The van der Waals surface area contributed by atoms with Crippen LogP contribution in [0.2, 0.25) is 0 Å². The number of nitrogens with one attached hydrogen (secondary N) is 3. The van der Waals surface area contributed by atoms with E-state index in [0.717, 1.165) is 35.1 Å². The minimum atomic E-state index is -0.0188. The SMILES string of the molecule is CN=C(NCCCNC(=O)c1cccs1)NCC(C)Oc1ccccc1C.I. The fraction of sp³-hybridized carbons (Fsp3) is 0.400. The number of nitrogens with zero attached hydrogens (tertiary/aromatic N) is 1. The average Bonchev–Trinajstić information content (AvgIpc) is 3.20. The first kappa shape index (κ1) is 24.2. The summed E-state index contributed by atoms with van der Waals surface area (Å²) in [6, 6.07) is 11.7. The second-order valence-corrected chi connectivity index (χ2v) is 7.11. The van der Waals surface area contributed by atoms with E-state index in [1.165, 1.54) is 11.3 Å². The van der Waals surface area contributed by atoms with Crippen molar-refractivity contribution in [2.24, 2.45) is 4.99 Å². The number of rotatable bonds is 9. The number of para-hydroxylation sites is 1. The number of amides is 1. The molecule has 6 nitrogen and oxygen atoms in total. The number of carbonyl (C=O) groups is 1. The van der Waals surface area contributed by atoms with Crippen LogP contribution in [0.15, 0.2) is 46.8 Å². The van der Waals surface area contributed by atoms with Crippen LogP contribution in [0.1, 0.15) is 28.6 Å². The molecule has 1 amide bonds. The van der Waals surface area contributed by atoms with Gasteiger partial charge in [-0.1, -0.05) is 24.3 Å². The third-order valence-corrected chi connectivity index (χ3v) is 4.75. The number of hydrogen-bond acceptors (Lipinski definition) is 4. The lowest BCUT2D eigenvalue weighted by molar-refractivity contribution is 0.0957. The van der Waals surface area contributed by atoms with E-state index in [4.69, 9.17) is 4.74 Å². The van der Waals surface area contributed by atoms with E-state index >= 15 is 0 Å². The van der Waals surface area contributed by atoms with Gasteiger partial charge in [-0.2, -0.15) is 0 Å². The molecule has 0 radical (unpaired) electrons. The highest BCUT2D eigenvalue weighted by Crippen LogP contribution is 2.17. The quantitative estimate of drug-likeness (QED) is 0.207. The Morgan fingerprint density at radius 1 is 1.14 bits per heavy atom. The number of carbonyl (C=O) groups excluding carboxylic acids is 1. The Morgan fingerprint density at radius 2 is 1.89 bits per heavy atom. The maximum Gasteiger partial charge on any atom is 0.261 e. The zero-order chi connectivity index (χ0) is 19.5. The van der Waals surface area contributed by atoms with Crippen molar-refractivity contribution in [1.82, 2.24) is 16.0 Å². The molecular weight excluding hydrogens is 487 g/mol. The van der Waals surface area contributed by atoms with Crippen LogP contribution in [0.4, 0.5) is 0 Å². The van der Waals surface area contributed by atoms with Crippen molar-refractivity contribution in [3.8, 4) is 5.75 Å². The molecule has 154 valence electrons. The predicted octanol–water partition coefficient (Wildman–Crippen LogP) is 3.43. The second kappa shape index (κ2) is 13.4. The van der Waals surface area contributed by atoms with Crippen LogP contribution in [-0.2, 0) is 0 Å². The summed E-state index contributed by atoms with van der Waals surface area (Å²) < 4.78 is 5.95. The van der Waals surface area contributed by atoms with Gasteiger partial charge in [-0.05, 0) is 43.3 Å². The summed E-state index contributed by atoms with van der Waals surface area (Å²) in [4.78, 5) is 16.8. The van der Waals surface area contributed by atoms with Gasteiger partial charge in [0.25, 0.3) is 5.91 Å². The summed E-state index contributed by atoms with van der Waals surface area (Å²) in [7, 11) is 1.74. The maximum absolute atomic E-state index is 11.8. The minimum Gasteiger partial charge on any atom is -0.489 e. The molecule has 0 aliphatic carbocycles. The Bertz CT molecular complexity index is 738. The van der Waals surface area contributed by atoms with Crippen LogP contribution in [0, 0.1) is 6.92 Å². The lowest BCUT2D eigenvalue weighted by atomic mass is 10.2. The Labute approximate surface area is 188 Å². The monoisotopic (exact) mass is 516 g/mol. The van der Waals surface area contributed by atoms with Crippen molar-refractivity contribution < 1.29 is 9.53 Å². The normalized spacial score (nSPS) is 11.9. The molecule has 0 saturated heterocycles. The largest absolute Gasteiger partial charge is 0.489 e. The zero-order valence-electron chi connectivity index (χ0n) is 16.5. The Kier molecular flexibility index (Phi) is 11.6. The highest BCUT2D eigenvalue weighted by molar-refractivity contribution is 14.0. The van der Waals surface area contributed by atoms with Gasteiger partial charge >= 0.3 is 0 Å². The number of ether oxygens (including phenoxy) is 1. The first-order valence-electron chi connectivity index (χ1n) is 9.08. The van der Waals surface area contributed by atoms with Crippen LogP contribution in [0.3, 0.4) is 0 Å². The number of guanidine groups is 1. The number of thiophene rings is 1. The predicted molar refractivity (Wildman–Crippen MR) is 127 cm³/mol. The van der Waals surface area contributed by atoms with E-state index in [1.54, 1.807) is 7.05 Å². The summed E-state index contributed by atoms with van der Waals surface area (Å²) in [6.45, 7) is 6.04. The van der Waals surface area contributed by atoms with Gasteiger partial charge in [0.15, 0.2) is 5.96 Å². The number of hydrogen-bond donors (Lipinski definition) is 3. The lowest BCUT2D eigenvalue weighted by Gasteiger charge is -2.18. The standard InChI is InChI=1S/C20H28N4O2S.HI/c1-15-8-4-5-9-17(15)26-16(2)14-24-20(21-3)23-12-7-11-22-19(25)18-10-6-13-27-18;/h4-6,8-10,13,16H,7,11-12,14H2,1-3H3,(H,22,25)(H2,21,23,24);1H. The molecule has 0 aliphatic heterocycles. The second-order valence-electron chi connectivity index (χ2n) is 6.16. The molecule has 1 heterocycles. The van der Waals surface area contributed by atoms with Crippen molar-refractivity contribution in [3.05, 3.63) is 52.2 Å². The van der Waals surface area contributed by atoms with Gasteiger partial charge in [-0.3, -0.25) is 9.79 Å². The Morgan fingerprint density at radius 3 is 2.57 bits per heavy atom. The lowest BCUT2D eigenvalue weighted by Crippen LogP contribution is -2.42. The van der Waals surface area contributed by atoms with E-state index in [-0.39, 0.29) is 36.0 Å². The van der Waals surface area contributed by atoms with Gasteiger partial charge in [0.2, 0.25) is 0 Å². The molecule has 1 aromatic heterocycles. The zero-order valence-corrected chi connectivity index (χ0v) is 19.7. The average molecular weight is 516 g/mol. The smallest absolute Gasteiger partial charge is 0.261 e. The molecular formula is C20H29IN4O2S.